The first-order valence-electron chi connectivity index (χ1n) is 14.5. The van der Waals surface area contributed by atoms with Crippen molar-refractivity contribution in [3.05, 3.63) is 125 Å². The second kappa shape index (κ2) is 11.7. The second-order valence-electron chi connectivity index (χ2n) is 11.9. The monoisotopic (exact) mass is 535 g/mol. The average molecular weight is 536 g/mol. The number of hydrogen-bond acceptors (Lipinski definition) is 3. The standard InChI is InChI=1S/C35H41N3O2/c1-27-32(21-20-28-22-24-37(25-23-28)33(39)40-34(2,3)4)36-26-38(27)35(29-14-8-5-9-15-29,30-16-10-6-11-17-30)31-18-12-7-13-19-31/h5-19,26,28H,20-25H2,1-4H3. The third-order valence-electron chi connectivity index (χ3n) is 8.10. The van der Waals surface area contributed by atoms with E-state index in [1.165, 1.54) is 22.4 Å². The van der Waals surface area contributed by atoms with Gasteiger partial charge in [-0.15, -0.1) is 0 Å². The van der Waals surface area contributed by atoms with Crippen LogP contribution in [-0.4, -0.2) is 39.2 Å². The summed E-state index contributed by atoms with van der Waals surface area (Å²) in [4.78, 5) is 19.3. The fraction of sp³-hybridized carbons (Fsp3) is 0.371. The zero-order valence-corrected chi connectivity index (χ0v) is 24.2. The molecule has 1 aliphatic heterocycles. The van der Waals surface area contributed by atoms with E-state index in [0.717, 1.165) is 44.5 Å². The molecule has 1 aliphatic rings. The number of imidazole rings is 1. The number of piperidine rings is 1. The van der Waals surface area contributed by atoms with Crippen LogP contribution in [0.5, 0.6) is 0 Å². The van der Waals surface area contributed by atoms with Gasteiger partial charge >= 0.3 is 6.09 Å². The Balaban J connectivity index is 1.41. The Morgan fingerprint density at radius 1 is 0.825 bits per heavy atom. The molecule has 0 atom stereocenters. The minimum absolute atomic E-state index is 0.195. The lowest BCUT2D eigenvalue weighted by Crippen LogP contribution is -2.41. The van der Waals surface area contributed by atoms with E-state index in [1.807, 2.05) is 32.0 Å². The van der Waals surface area contributed by atoms with E-state index in [4.69, 9.17) is 9.72 Å². The summed E-state index contributed by atoms with van der Waals surface area (Å²) in [5.74, 6) is 0.574. The van der Waals surface area contributed by atoms with Gasteiger partial charge in [-0.1, -0.05) is 91.0 Å². The van der Waals surface area contributed by atoms with E-state index in [0.29, 0.717) is 5.92 Å². The summed E-state index contributed by atoms with van der Waals surface area (Å²) in [5, 5.41) is 0. The molecule has 1 saturated heterocycles. The van der Waals surface area contributed by atoms with Gasteiger partial charge in [0.1, 0.15) is 11.1 Å². The van der Waals surface area contributed by atoms with Crippen LogP contribution < -0.4 is 0 Å². The topological polar surface area (TPSA) is 47.4 Å². The highest BCUT2D eigenvalue weighted by molar-refractivity contribution is 5.68. The fourth-order valence-electron chi connectivity index (χ4n) is 6.06. The third kappa shape index (κ3) is 5.70. The van der Waals surface area contributed by atoms with Crippen molar-refractivity contribution in [1.82, 2.24) is 14.5 Å². The van der Waals surface area contributed by atoms with Gasteiger partial charge in [0.2, 0.25) is 0 Å². The highest BCUT2D eigenvalue weighted by Crippen LogP contribution is 2.42. The Hall–Kier alpha value is -3.86. The Bertz CT molecular complexity index is 1290. The van der Waals surface area contributed by atoms with Crippen LogP contribution in [0.1, 0.15) is 68.1 Å². The molecule has 1 fully saturated rings. The maximum atomic E-state index is 12.5. The van der Waals surface area contributed by atoms with Crippen molar-refractivity contribution in [2.45, 2.75) is 64.5 Å². The van der Waals surface area contributed by atoms with Gasteiger partial charge in [-0.25, -0.2) is 9.78 Å². The molecule has 0 spiro atoms. The van der Waals surface area contributed by atoms with Gasteiger partial charge in [-0.2, -0.15) is 0 Å². The SMILES string of the molecule is Cc1c(CCC2CCN(C(=O)OC(C)(C)C)CC2)ncn1C(c1ccccc1)(c1ccccc1)c1ccccc1. The molecule has 0 saturated carbocycles. The van der Waals surface area contributed by atoms with Gasteiger partial charge < -0.3 is 14.2 Å². The van der Waals surface area contributed by atoms with Gasteiger partial charge in [0, 0.05) is 18.8 Å². The molecule has 5 heteroatoms. The van der Waals surface area contributed by atoms with Gasteiger partial charge in [0.25, 0.3) is 0 Å². The normalized spacial score (nSPS) is 14.8. The summed E-state index contributed by atoms with van der Waals surface area (Å²) in [6.45, 7) is 9.47. The molecule has 3 aromatic carbocycles. The smallest absolute Gasteiger partial charge is 0.410 e. The van der Waals surface area contributed by atoms with Crippen LogP contribution in [0.15, 0.2) is 97.3 Å². The summed E-state index contributed by atoms with van der Waals surface area (Å²) in [6.07, 6.45) is 5.82. The predicted molar refractivity (Wildman–Crippen MR) is 160 cm³/mol. The zero-order chi connectivity index (χ0) is 28.2. The summed E-state index contributed by atoms with van der Waals surface area (Å²) >= 11 is 0. The first-order chi connectivity index (χ1) is 19.3. The summed E-state index contributed by atoms with van der Waals surface area (Å²) < 4.78 is 7.94. The van der Waals surface area contributed by atoms with Crippen molar-refractivity contribution in [1.29, 1.82) is 0 Å². The maximum absolute atomic E-state index is 12.5. The van der Waals surface area contributed by atoms with E-state index in [-0.39, 0.29) is 6.09 Å². The molecular weight excluding hydrogens is 494 g/mol. The average Bonchev–Trinajstić information content (AvgIpc) is 3.33. The molecule has 0 unspecified atom stereocenters. The van der Waals surface area contributed by atoms with Gasteiger partial charge in [-0.3, -0.25) is 0 Å². The van der Waals surface area contributed by atoms with Crippen molar-refractivity contribution in [3.63, 3.8) is 0 Å². The minimum Gasteiger partial charge on any atom is -0.444 e. The number of carbonyl (C=O) groups is 1. The van der Waals surface area contributed by atoms with Gasteiger partial charge in [-0.05, 0) is 76.0 Å². The van der Waals surface area contributed by atoms with Crippen LogP contribution in [0.2, 0.25) is 0 Å². The molecule has 5 nitrogen and oxygen atoms in total. The molecule has 40 heavy (non-hydrogen) atoms. The molecule has 208 valence electrons. The van der Waals surface area contributed by atoms with Crippen LogP contribution in [0.25, 0.3) is 0 Å². The summed E-state index contributed by atoms with van der Waals surface area (Å²) in [7, 11) is 0. The quantitative estimate of drug-likeness (QED) is 0.229. The number of nitrogens with zero attached hydrogens (tertiary/aromatic N) is 3. The van der Waals surface area contributed by atoms with Crippen LogP contribution in [0.4, 0.5) is 4.79 Å². The summed E-state index contributed by atoms with van der Waals surface area (Å²) in [5.41, 5.74) is 4.93. The Morgan fingerprint density at radius 3 is 1.75 bits per heavy atom. The van der Waals surface area contributed by atoms with Crippen molar-refractivity contribution in [2.24, 2.45) is 5.92 Å². The molecular formula is C35H41N3O2. The number of amides is 1. The van der Waals surface area contributed by atoms with Crippen LogP contribution in [0, 0.1) is 12.8 Å². The van der Waals surface area contributed by atoms with E-state index in [2.05, 4.69) is 102 Å². The molecule has 1 aromatic heterocycles. The first-order valence-corrected chi connectivity index (χ1v) is 14.5. The number of aromatic nitrogens is 2. The molecule has 0 N–H and O–H groups in total. The molecule has 5 rings (SSSR count). The molecule has 1 amide bonds. The number of aryl methyl sites for hydroxylation is 1. The summed E-state index contributed by atoms with van der Waals surface area (Å²) in [6, 6.07) is 32.2. The molecule has 4 aromatic rings. The van der Waals surface area contributed by atoms with Crippen LogP contribution in [0.3, 0.4) is 0 Å². The second-order valence-corrected chi connectivity index (χ2v) is 11.9. The van der Waals surface area contributed by atoms with Gasteiger partial charge in [0.15, 0.2) is 0 Å². The molecule has 0 aliphatic carbocycles. The minimum atomic E-state index is -0.544. The van der Waals surface area contributed by atoms with E-state index in [9.17, 15) is 4.79 Å². The number of likely N-dealkylation sites (tertiary alicyclic amines) is 1. The maximum Gasteiger partial charge on any atom is 0.410 e. The van der Waals surface area contributed by atoms with Crippen molar-refractivity contribution >= 4 is 6.09 Å². The molecule has 2 heterocycles. The van der Waals surface area contributed by atoms with E-state index >= 15 is 0 Å². The molecule has 0 radical (unpaired) electrons. The Kier molecular flexibility index (Phi) is 8.11. The highest BCUT2D eigenvalue weighted by Gasteiger charge is 2.39. The largest absolute Gasteiger partial charge is 0.444 e. The Labute approximate surface area is 238 Å². The predicted octanol–water partition coefficient (Wildman–Crippen LogP) is 7.61. The van der Waals surface area contributed by atoms with E-state index < -0.39 is 11.1 Å². The third-order valence-corrected chi connectivity index (χ3v) is 8.10. The van der Waals surface area contributed by atoms with Crippen LogP contribution >= 0.6 is 0 Å². The van der Waals surface area contributed by atoms with Crippen molar-refractivity contribution in [2.75, 3.05) is 13.1 Å². The lowest BCUT2D eigenvalue weighted by atomic mass is 9.76. The lowest BCUT2D eigenvalue weighted by molar-refractivity contribution is 0.0181. The van der Waals surface area contributed by atoms with Crippen molar-refractivity contribution < 1.29 is 9.53 Å². The number of carbonyl (C=O) groups excluding carboxylic acids is 1. The van der Waals surface area contributed by atoms with E-state index in [1.54, 1.807) is 0 Å². The fourth-order valence-corrected chi connectivity index (χ4v) is 6.06. The van der Waals surface area contributed by atoms with Gasteiger partial charge in [0.05, 0.1) is 12.0 Å². The number of rotatable bonds is 7. The Morgan fingerprint density at radius 2 is 1.30 bits per heavy atom. The van der Waals surface area contributed by atoms with Crippen molar-refractivity contribution in [3.8, 4) is 0 Å². The first kappa shape index (κ1) is 27.7. The zero-order valence-electron chi connectivity index (χ0n) is 24.2. The highest BCUT2D eigenvalue weighted by atomic mass is 16.6. The van der Waals surface area contributed by atoms with Crippen LogP contribution in [-0.2, 0) is 16.7 Å². The number of ether oxygens (including phenoxy) is 1. The lowest BCUT2D eigenvalue weighted by Gasteiger charge is -2.38. The molecule has 0 bridgehead atoms. The number of hydrogen-bond donors (Lipinski definition) is 0. The number of benzene rings is 3.